The molecule has 4 nitrogen and oxygen atoms in total. The van der Waals surface area contributed by atoms with Crippen molar-refractivity contribution in [3.63, 3.8) is 0 Å². The van der Waals surface area contributed by atoms with E-state index in [4.69, 9.17) is 0 Å². The number of fused-ring (bicyclic) bond motifs is 2. The average Bonchev–Trinajstić information content (AvgIpc) is 3.17. The zero-order chi connectivity index (χ0) is 20.7. The summed E-state index contributed by atoms with van der Waals surface area (Å²) >= 11 is 0. The van der Waals surface area contributed by atoms with E-state index in [9.17, 15) is 8.42 Å². The number of anilines is 1. The van der Waals surface area contributed by atoms with Gasteiger partial charge in [-0.15, -0.1) is 0 Å². The summed E-state index contributed by atoms with van der Waals surface area (Å²) in [7, 11) is -3.72. The van der Waals surface area contributed by atoms with Crippen molar-refractivity contribution in [1.29, 1.82) is 0 Å². The van der Waals surface area contributed by atoms with Gasteiger partial charge in [0.15, 0.2) is 0 Å². The van der Waals surface area contributed by atoms with Gasteiger partial charge in [0, 0.05) is 22.2 Å². The Hall–Kier alpha value is -3.57. The van der Waals surface area contributed by atoms with E-state index in [0.717, 1.165) is 38.5 Å². The molecule has 0 spiro atoms. The normalized spacial score (nSPS) is 11.8. The molecule has 1 aromatic heterocycles. The van der Waals surface area contributed by atoms with Crippen LogP contribution in [0.5, 0.6) is 0 Å². The molecule has 0 unspecified atom stereocenters. The zero-order valence-electron chi connectivity index (χ0n) is 16.4. The summed E-state index contributed by atoms with van der Waals surface area (Å²) in [6, 6.07) is 28.7. The largest absolute Gasteiger partial charge is 0.354 e. The Labute approximate surface area is 175 Å². The molecule has 0 aliphatic heterocycles. The molecule has 5 aromatic rings. The highest BCUT2D eigenvalue weighted by atomic mass is 32.2. The number of aryl methyl sites for hydroxylation is 1. The number of sulfonamides is 1. The number of aromatic amines is 1. The molecular formula is C25H20N2O2S. The topological polar surface area (TPSA) is 62.0 Å². The first kappa shape index (κ1) is 18.5. The molecule has 0 bridgehead atoms. The van der Waals surface area contributed by atoms with Gasteiger partial charge in [-0.25, -0.2) is 8.42 Å². The molecule has 0 fully saturated rings. The van der Waals surface area contributed by atoms with Crippen LogP contribution in [0, 0.1) is 6.92 Å². The highest BCUT2D eigenvalue weighted by Crippen LogP contribution is 2.37. The van der Waals surface area contributed by atoms with Crippen molar-refractivity contribution in [1.82, 2.24) is 4.98 Å². The maximum absolute atomic E-state index is 13.1. The number of nitrogens with one attached hydrogen (secondary N) is 2. The minimum atomic E-state index is -3.72. The predicted molar refractivity (Wildman–Crippen MR) is 123 cm³/mol. The Morgan fingerprint density at radius 1 is 0.767 bits per heavy atom. The third-order valence-corrected chi connectivity index (χ3v) is 6.69. The first-order chi connectivity index (χ1) is 14.5. The van der Waals surface area contributed by atoms with E-state index in [1.54, 1.807) is 24.3 Å². The summed E-state index contributed by atoms with van der Waals surface area (Å²) in [6.45, 7) is 1.93. The van der Waals surface area contributed by atoms with E-state index in [-0.39, 0.29) is 4.90 Å². The number of H-pyrrole nitrogens is 1. The average molecular weight is 413 g/mol. The van der Waals surface area contributed by atoms with Crippen LogP contribution in [-0.4, -0.2) is 13.4 Å². The summed E-state index contributed by atoms with van der Waals surface area (Å²) < 4.78 is 29.0. The van der Waals surface area contributed by atoms with Crippen molar-refractivity contribution in [3.05, 3.63) is 96.6 Å². The number of hydrogen-bond acceptors (Lipinski definition) is 2. The molecule has 4 aromatic carbocycles. The molecule has 5 rings (SSSR count). The van der Waals surface area contributed by atoms with Crippen LogP contribution >= 0.6 is 0 Å². The third-order valence-electron chi connectivity index (χ3n) is 5.30. The van der Waals surface area contributed by atoms with Gasteiger partial charge < -0.3 is 4.98 Å². The minimum absolute atomic E-state index is 0.240. The quantitative estimate of drug-likeness (QED) is 0.375. The highest BCUT2D eigenvalue weighted by Gasteiger charge is 2.19. The van der Waals surface area contributed by atoms with E-state index in [1.165, 1.54) is 0 Å². The molecule has 0 aliphatic carbocycles. The van der Waals surface area contributed by atoms with Crippen molar-refractivity contribution in [3.8, 4) is 11.3 Å². The molecule has 0 saturated carbocycles. The molecule has 5 heteroatoms. The molecule has 0 amide bonds. The van der Waals surface area contributed by atoms with Crippen LogP contribution in [0.2, 0.25) is 0 Å². The van der Waals surface area contributed by atoms with Crippen LogP contribution in [0.1, 0.15) is 5.56 Å². The van der Waals surface area contributed by atoms with Gasteiger partial charge in [0.2, 0.25) is 0 Å². The van der Waals surface area contributed by atoms with Crippen LogP contribution < -0.4 is 4.72 Å². The van der Waals surface area contributed by atoms with Crippen molar-refractivity contribution in [2.75, 3.05) is 4.72 Å². The maximum atomic E-state index is 13.1. The van der Waals surface area contributed by atoms with E-state index in [0.29, 0.717) is 5.69 Å². The number of para-hydroxylation sites is 1. The third kappa shape index (κ3) is 3.23. The summed E-state index contributed by atoms with van der Waals surface area (Å²) in [6.07, 6.45) is 0. The zero-order valence-corrected chi connectivity index (χ0v) is 17.2. The smallest absolute Gasteiger partial charge is 0.261 e. The standard InChI is InChI=1S/C25H20N2O2S/c1-17-10-13-20(14-11-17)30(28,29)27-23-15-12-18-6-2-4-8-21(18)25(23)24-16-19-7-3-5-9-22(19)26-24/h2-16,26-27H,1H3. The molecular weight excluding hydrogens is 392 g/mol. The fourth-order valence-corrected chi connectivity index (χ4v) is 4.85. The van der Waals surface area contributed by atoms with Crippen molar-refractivity contribution in [2.45, 2.75) is 11.8 Å². The van der Waals surface area contributed by atoms with Crippen LogP contribution in [0.25, 0.3) is 32.9 Å². The lowest BCUT2D eigenvalue weighted by Gasteiger charge is -2.15. The predicted octanol–water partition coefficient (Wildman–Crippen LogP) is 6.10. The Morgan fingerprint density at radius 3 is 2.23 bits per heavy atom. The fourth-order valence-electron chi connectivity index (χ4n) is 3.78. The molecule has 0 atom stereocenters. The van der Waals surface area contributed by atoms with Crippen molar-refractivity contribution < 1.29 is 8.42 Å². The second-order valence-corrected chi connectivity index (χ2v) is 9.08. The Kier molecular flexibility index (Phi) is 4.33. The second-order valence-electron chi connectivity index (χ2n) is 7.40. The molecule has 0 radical (unpaired) electrons. The molecule has 0 aliphatic rings. The number of rotatable bonds is 4. The van der Waals surface area contributed by atoms with Crippen molar-refractivity contribution >= 4 is 37.4 Å². The molecule has 2 N–H and O–H groups in total. The van der Waals surface area contributed by atoms with Gasteiger partial charge in [-0.05, 0) is 48.0 Å². The molecule has 148 valence electrons. The maximum Gasteiger partial charge on any atom is 0.261 e. The monoisotopic (exact) mass is 412 g/mol. The van der Waals surface area contributed by atoms with Gasteiger partial charge in [0.1, 0.15) is 0 Å². The summed E-state index contributed by atoms with van der Waals surface area (Å²) in [4.78, 5) is 3.68. The minimum Gasteiger partial charge on any atom is -0.354 e. The van der Waals surface area contributed by atoms with E-state index in [1.807, 2.05) is 67.6 Å². The first-order valence-corrected chi connectivity index (χ1v) is 11.2. The van der Waals surface area contributed by atoms with E-state index < -0.39 is 10.0 Å². The lowest BCUT2D eigenvalue weighted by Crippen LogP contribution is -2.13. The Balaban J connectivity index is 1.70. The summed E-state index contributed by atoms with van der Waals surface area (Å²) in [5.41, 5.74) is 4.27. The van der Waals surface area contributed by atoms with E-state index >= 15 is 0 Å². The molecule has 1 heterocycles. The van der Waals surface area contributed by atoms with Gasteiger partial charge >= 0.3 is 0 Å². The Morgan fingerprint density at radius 2 is 1.47 bits per heavy atom. The second kappa shape index (κ2) is 7.04. The summed E-state index contributed by atoms with van der Waals surface area (Å²) in [5, 5.41) is 3.10. The van der Waals surface area contributed by atoms with Gasteiger partial charge in [-0.2, -0.15) is 0 Å². The van der Waals surface area contributed by atoms with Gasteiger partial charge in [0.25, 0.3) is 10.0 Å². The Bertz CT molecular complexity index is 1450. The number of benzene rings is 4. The highest BCUT2D eigenvalue weighted by molar-refractivity contribution is 7.92. The van der Waals surface area contributed by atoms with Crippen LogP contribution in [0.4, 0.5) is 5.69 Å². The summed E-state index contributed by atoms with van der Waals surface area (Å²) in [5.74, 6) is 0. The van der Waals surface area contributed by atoms with Crippen LogP contribution in [0.15, 0.2) is 95.9 Å². The van der Waals surface area contributed by atoms with Crippen LogP contribution in [-0.2, 0) is 10.0 Å². The first-order valence-electron chi connectivity index (χ1n) is 9.71. The lowest BCUT2D eigenvalue weighted by molar-refractivity contribution is 0.601. The molecule has 0 saturated heterocycles. The fraction of sp³-hybridized carbons (Fsp3) is 0.0400. The van der Waals surface area contributed by atoms with Crippen molar-refractivity contribution in [2.24, 2.45) is 0 Å². The van der Waals surface area contributed by atoms with Crippen LogP contribution in [0.3, 0.4) is 0 Å². The molecule has 30 heavy (non-hydrogen) atoms. The van der Waals surface area contributed by atoms with Gasteiger partial charge in [-0.3, -0.25) is 4.72 Å². The number of hydrogen-bond donors (Lipinski definition) is 2. The SMILES string of the molecule is Cc1ccc(S(=O)(=O)Nc2ccc3ccccc3c2-c2cc3ccccc3[nH]2)cc1. The van der Waals surface area contributed by atoms with Gasteiger partial charge in [0.05, 0.1) is 10.6 Å². The number of aromatic nitrogens is 1. The van der Waals surface area contributed by atoms with E-state index in [2.05, 4.69) is 15.8 Å². The lowest BCUT2D eigenvalue weighted by atomic mass is 10.0. The van der Waals surface area contributed by atoms with Gasteiger partial charge in [-0.1, -0.05) is 66.2 Å².